The van der Waals surface area contributed by atoms with E-state index in [2.05, 4.69) is 0 Å². The van der Waals surface area contributed by atoms with Crippen LogP contribution in [0.25, 0.3) is 0 Å². The lowest BCUT2D eigenvalue weighted by molar-refractivity contribution is -0.119. The van der Waals surface area contributed by atoms with Crippen LogP contribution in [0.2, 0.25) is 0 Å². The molecule has 2 amide bonds. The van der Waals surface area contributed by atoms with E-state index in [4.69, 9.17) is 5.73 Å². The Labute approximate surface area is 112 Å². The number of carbonyl (C=O) groups excluding carboxylic acids is 2. The van der Waals surface area contributed by atoms with Crippen LogP contribution in [0.15, 0.2) is 24.3 Å². The maximum atomic E-state index is 11.9. The summed E-state index contributed by atoms with van der Waals surface area (Å²) in [5.74, 6) is -0.294. The number of nitrogens with zero attached hydrogens (tertiary/aromatic N) is 2. The van der Waals surface area contributed by atoms with E-state index >= 15 is 0 Å². The Balaban J connectivity index is 0.00000162. The van der Waals surface area contributed by atoms with Gasteiger partial charge in [0.05, 0.1) is 17.9 Å². The molecule has 1 atom stereocenters. The number of fused-ring (bicyclic) bond motifs is 1. The van der Waals surface area contributed by atoms with Crippen LogP contribution >= 0.6 is 12.4 Å². The monoisotopic (exact) mass is 269 g/mol. The van der Waals surface area contributed by atoms with Gasteiger partial charge in [0.15, 0.2) is 0 Å². The molecular weight excluding hydrogens is 254 g/mol. The van der Waals surface area contributed by atoms with E-state index in [1.165, 1.54) is 11.8 Å². The van der Waals surface area contributed by atoms with Crippen LogP contribution in [0, 0.1) is 0 Å². The van der Waals surface area contributed by atoms with E-state index in [-0.39, 0.29) is 30.8 Å². The Morgan fingerprint density at radius 3 is 2.44 bits per heavy atom. The fourth-order valence-corrected chi connectivity index (χ4v) is 2.01. The first kappa shape index (κ1) is 14.5. The van der Waals surface area contributed by atoms with Gasteiger partial charge >= 0.3 is 0 Å². The van der Waals surface area contributed by atoms with Crippen LogP contribution in [-0.4, -0.2) is 31.4 Å². The summed E-state index contributed by atoms with van der Waals surface area (Å²) in [4.78, 5) is 26.6. The van der Waals surface area contributed by atoms with Crippen molar-refractivity contribution in [1.82, 2.24) is 0 Å². The van der Waals surface area contributed by atoms with Gasteiger partial charge in [-0.15, -0.1) is 12.4 Å². The van der Waals surface area contributed by atoms with E-state index in [1.807, 2.05) is 18.2 Å². The van der Waals surface area contributed by atoms with Crippen LogP contribution in [-0.2, 0) is 9.59 Å². The predicted octanol–water partition coefficient (Wildman–Crippen LogP) is 0.765. The second kappa shape index (κ2) is 5.37. The van der Waals surface area contributed by atoms with Crippen molar-refractivity contribution in [2.75, 3.05) is 23.4 Å². The zero-order valence-corrected chi connectivity index (χ0v) is 11.1. The highest BCUT2D eigenvalue weighted by Gasteiger charge is 2.30. The minimum atomic E-state index is -0.684. The molecule has 0 aliphatic carbocycles. The van der Waals surface area contributed by atoms with Gasteiger partial charge < -0.3 is 15.5 Å². The van der Waals surface area contributed by atoms with Crippen molar-refractivity contribution in [3.63, 3.8) is 0 Å². The van der Waals surface area contributed by atoms with Gasteiger partial charge in [0, 0.05) is 14.0 Å². The highest BCUT2D eigenvalue weighted by molar-refractivity contribution is 6.06. The zero-order chi connectivity index (χ0) is 12.6. The first-order chi connectivity index (χ1) is 8.02. The van der Waals surface area contributed by atoms with Crippen molar-refractivity contribution in [3.8, 4) is 0 Å². The Bertz CT molecular complexity index is 478. The molecule has 0 saturated carbocycles. The standard InChI is InChI=1S/C12H15N3O2.ClH/c1-8(16)15-7-9(13)12(17)14(2)10-5-3-4-6-11(10)15;/h3-6,9H,7,13H2,1-2H3;1H. The number of rotatable bonds is 0. The summed E-state index contributed by atoms with van der Waals surface area (Å²) in [5, 5.41) is 0. The third kappa shape index (κ3) is 2.32. The molecule has 1 aromatic rings. The molecule has 18 heavy (non-hydrogen) atoms. The lowest BCUT2D eigenvalue weighted by atomic mass is 10.2. The fourth-order valence-electron chi connectivity index (χ4n) is 2.01. The summed E-state index contributed by atoms with van der Waals surface area (Å²) < 4.78 is 0. The molecular formula is C12H16ClN3O2. The number of amides is 2. The zero-order valence-electron chi connectivity index (χ0n) is 10.3. The Morgan fingerprint density at radius 1 is 1.33 bits per heavy atom. The molecule has 1 aliphatic rings. The van der Waals surface area contributed by atoms with Gasteiger partial charge in [-0.2, -0.15) is 0 Å². The topological polar surface area (TPSA) is 66.6 Å². The third-order valence-electron chi connectivity index (χ3n) is 2.94. The Morgan fingerprint density at radius 2 is 1.89 bits per heavy atom. The van der Waals surface area contributed by atoms with Crippen molar-refractivity contribution in [3.05, 3.63) is 24.3 Å². The molecule has 1 aliphatic heterocycles. The van der Waals surface area contributed by atoms with Crippen molar-refractivity contribution in [2.24, 2.45) is 5.73 Å². The van der Waals surface area contributed by atoms with E-state index in [9.17, 15) is 9.59 Å². The average molecular weight is 270 g/mol. The average Bonchev–Trinajstić information content (AvgIpc) is 2.41. The van der Waals surface area contributed by atoms with Gasteiger partial charge in [0.25, 0.3) is 0 Å². The second-order valence-electron chi connectivity index (χ2n) is 4.12. The SMILES string of the molecule is CC(=O)N1CC(N)C(=O)N(C)c2ccccc21.Cl. The highest BCUT2D eigenvalue weighted by atomic mass is 35.5. The third-order valence-corrected chi connectivity index (χ3v) is 2.94. The van der Waals surface area contributed by atoms with Gasteiger partial charge in [0.1, 0.15) is 6.04 Å². The van der Waals surface area contributed by atoms with Gasteiger partial charge in [0.2, 0.25) is 11.8 Å². The van der Waals surface area contributed by atoms with E-state index in [1.54, 1.807) is 18.0 Å². The van der Waals surface area contributed by atoms with Crippen molar-refractivity contribution < 1.29 is 9.59 Å². The molecule has 5 nitrogen and oxygen atoms in total. The summed E-state index contributed by atoms with van der Waals surface area (Å²) in [7, 11) is 1.67. The Kier molecular flexibility index (Phi) is 4.32. The lowest BCUT2D eigenvalue weighted by Crippen LogP contribution is -2.47. The summed E-state index contributed by atoms with van der Waals surface area (Å²) >= 11 is 0. The number of hydrogen-bond acceptors (Lipinski definition) is 3. The number of likely N-dealkylation sites (N-methyl/N-ethyl adjacent to an activating group) is 1. The lowest BCUT2D eigenvalue weighted by Gasteiger charge is -2.22. The van der Waals surface area contributed by atoms with Gasteiger partial charge in [-0.1, -0.05) is 12.1 Å². The maximum Gasteiger partial charge on any atom is 0.245 e. The van der Waals surface area contributed by atoms with Crippen LogP contribution in [0.1, 0.15) is 6.92 Å². The quantitative estimate of drug-likeness (QED) is 0.756. The molecule has 1 heterocycles. The summed E-state index contributed by atoms with van der Waals surface area (Å²) in [6, 6.07) is 6.61. The van der Waals surface area contributed by atoms with Gasteiger partial charge in [-0.25, -0.2) is 0 Å². The number of hydrogen-bond donors (Lipinski definition) is 1. The second-order valence-corrected chi connectivity index (χ2v) is 4.12. The van der Waals surface area contributed by atoms with Gasteiger partial charge in [-0.05, 0) is 12.1 Å². The molecule has 0 spiro atoms. The normalized spacial score (nSPS) is 18.8. The molecule has 0 bridgehead atoms. The molecule has 1 aromatic carbocycles. The minimum Gasteiger partial charge on any atom is -0.318 e. The smallest absolute Gasteiger partial charge is 0.245 e. The van der Waals surface area contributed by atoms with Gasteiger partial charge in [-0.3, -0.25) is 9.59 Å². The first-order valence-corrected chi connectivity index (χ1v) is 5.42. The Hall–Kier alpha value is -1.59. The van der Waals surface area contributed by atoms with Crippen molar-refractivity contribution in [1.29, 1.82) is 0 Å². The number of nitrogens with two attached hydrogens (primary N) is 1. The van der Waals surface area contributed by atoms with Crippen molar-refractivity contribution in [2.45, 2.75) is 13.0 Å². The molecule has 6 heteroatoms. The number of carbonyl (C=O) groups is 2. The molecule has 0 radical (unpaired) electrons. The van der Waals surface area contributed by atoms with Crippen LogP contribution in [0.4, 0.5) is 11.4 Å². The summed E-state index contributed by atoms with van der Waals surface area (Å²) in [6.45, 7) is 1.69. The maximum absolute atomic E-state index is 11.9. The molecule has 0 fully saturated rings. The first-order valence-electron chi connectivity index (χ1n) is 5.42. The highest BCUT2D eigenvalue weighted by Crippen LogP contribution is 2.31. The minimum absolute atomic E-state index is 0. The molecule has 98 valence electrons. The van der Waals surface area contributed by atoms with E-state index in [0.29, 0.717) is 5.69 Å². The fraction of sp³-hybridized carbons (Fsp3) is 0.333. The van der Waals surface area contributed by atoms with Crippen molar-refractivity contribution >= 4 is 35.6 Å². The van der Waals surface area contributed by atoms with Crippen LogP contribution < -0.4 is 15.5 Å². The summed E-state index contributed by atoms with van der Waals surface area (Å²) in [5.41, 5.74) is 7.23. The number of para-hydroxylation sites is 2. The van der Waals surface area contributed by atoms with E-state index in [0.717, 1.165) is 5.69 Å². The van der Waals surface area contributed by atoms with Crippen LogP contribution in [0.5, 0.6) is 0 Å². The van der Waals surface area contributed by atoms with E-state index < -0.39 is 6.04 Å². The number of halogens is 1. The molecule has 1 unspecified atom stereocenters. The van der Waals surface area contributed by atoms with Crippen LogP contribution in [0.3, 0.4) is 0 Å². The largest absolute Gasteiger partial charge is 0.318 e. The summed E-state index contributed by atoms with van der Waals surface area (Å²) in [6.07, 6.45) is 0. The molecule has 2 N–H and O–H groups in total. The number of benzene rings is 1. The predicted molar refractivity (Wildman–Crippen MR) is 73.1 cm³/mol. The molecule has 0 saturated heterocycles. The molecule has 2 rings (SSSR count). The number of anilines is 2. The molecule has 0 aromatic heterocycles.